The molecule has 0 aromatic carbocycles. The van der Waals surface area contributed by atoms with Gasteiger partial charge in [-0.3, -0.25) is 9.78 Å². The fourth-order valence-corrected chi connectivity index (χ4v) is 0.945. The Hall–Kier alpha value is -1.93. The Morgan fingerprint density at radius 3 is 2.88 bits per heavy atom. The van der Waals surface area contributed by atoms with E-state index < -0.39 is 5.91 Å². The monoisotopic (exact) mass is 226 g/mol. The number of ether oxygens (including phenoxy) is 1. The molecule has 88 valence electrons. The van der Waals surface area contributed by atoms with Crippen molar-refractivity contribution in [3.05, 3.63) is 12.4 Å². The lowest BCUT2D eigenvalue weighted by molar-refractivity contribution is -0.122. The minimum absolute atomic E-state index is 0.0856. The zero-order chi connectivity index (χ0) is 11.8. The van der Waals surface area contributed by atoms with Crippen LogP contribution in [0, 0.1) is 0 Å². The van der Waals surface area contributed by atoms with Crippen LogP contribution >= 0.6 is 0 Å². The molecule has 8 nitrogen and oxygen atoms in total. The number of hydrazine groups is 1. The van der Waals surface area contributed by atoms with Gasteiger partial charge in [-0.25, -0.2) is 10.8 Å². The fourth-order valence-electron chi connectivity index (χ4n) is 0.945. The highest BCUT2D eigenvalue weighted by atomic mass is 16.5. The molecule has 16 heavy (non-hydrogen) atoms. The maximum absolute atomic E-state index is 10.3. The van der Waals surface area contributed by atoms with Crippen LogP contribution in [-0.2, 0) is 9.53 Å². The Morgan fingerprint density at radius 1 is 1.44 bits per heavy atom. The molecule has 0 radical (unpaired) electrons. The van der Waals surface area contributed by atoms with E-state index in [9.17, 15) is 4.79 Å². The van der Waals surface area contributed by atoms with Crippen molar-refractivity contribution in [3.63, 3.8) is 0 Å². The molecule has 0 bridgehead atoms. The number of aromatic nitrogens is 2. The van der Waals surface area contributed by atoms with Gasteiger partial charge in [-0.2, -0.15) is 0 Å². The molecule has 1 aromatic heterocycles. The van der Waals surface area contributed by atoms with E-state index in [2.05, 4.69) is 20.7 Å². The summed E-state index contributed by atoms with van der Waals surface area (Å²) < 4.78 is 4.95. The quantitative estimate of drug-likeness (QED) is 0.258. The van der Waals surface area contributed by atoms with E-state index in [1.165, 1.54) is 6.20 Å². The van der Waals surface area contributed by atoms with Crippen LogP contribution in [0.3, 0.4) is 0 Å². The molecule has 0 aliphatic heterocycles. The molecule has 1 amide bonds. The number of rotatable bonds is 7. The lowest BCUT2D eigenvalue weighted by Gasteiger charge is -2.06. The van der Waals surface area contributed by atoms with E-state index in [1.54, 1.807) is 6.20 Å². The number of hydrogen-bond acceptors (Lipinski definition) is 7. The van der Waals surface area contributed by atoms with Crippen LogP contribution in [0.2, 0.25) is 0 Å². The second-order valence-corrected chi connectivity index (χ2v) is 2.88. The average Bonchev–Trinajstić information content (AvgIpc) is 2.28. The van der Waals surface area contributed by atoms with Crippen LogP contribution < -0.4 is 22.3 Å². The maximum atomic E-state index is 10.3. The Bertz CT molecular complexity index is 345. The number of nitrogens with zero attached hydrogens (tertiary/aromatic N) is 2. The van der Waals surface area contributed by atoms with E-state index in [1.807, 2.05) is 0 Å². The molecular formula is C8H14N6O2. The predicted molar refractivity (Wildman–Crippen MR) is 58.3 cm³/mol. The van der Waals surface area contributed by atoms with Crippen molar-refractivity contribution in [3.8, 4) is 0 Å². The highest BCUT2D eigenvalue weighted by molar-refractivity contribution is 5.74. The van der Waals surface area contributed by atoms with E-state index in [-0.39, 0.29) is 6.61 Å². The first-order valence-corrected chi connectivity index (χ1v) is 4.61. The second kappa shape index (κ2) is 6.53. The van der Waals surface area contributed by atoms with Crippen molar-refractivity contribution in [2.45, 2.75) is 0 Å². The number of carbonyl (C=O) groups excluding carboxylic acids is 1. The third-order valence-corrected chi connectivity index (χ3v) is 1.58. The average molecular weight is 226 g/mol. The van der Waals surface area contributed by atoms with Crippen LogP contribution in [0.25, 0.3) is 0 Å². The van der Waals surface area contributed by atoms with Gasteiger partial charge in [0.1, 0.15) is 12.4 Å². The summed E-state index contributed by atoms with van der Waals surface area (Å²) in [6.07, 6.45) is 3.05. The number of carbonyl (C=O) groups is 1. The standard InChI is InChI=1S/C8H14N6O2/c9-6(15)5-16-2-1-12-7-3-11-4-8(13-7)14-10/h3-4H,1-2,5,10H2,(H2,9,15)(H2,12,13,14). The molecule has 1 rings (SSSR count). The summed E-state index contributed by atoms with van der Waals surface area (Å²) in [6, 6.07) is 0. The van der Waals surface area contributed by atoms with E-state index in [0.717, 1.165) is 0 Å². The lowest BCUT2D eigenvalue weighted by Crippen LogP contribution is -2.20. The zero-order valence-corrected chi connectivity index (χ0v) is 8.64. The first kappa shape index (κ1) is 12.1. The third kappa shape index (κ3) is 4.53. The van der Waals surface area contributed by atoms with Gasteiger partial charge in [0.2, 0.25) is 5.91 Å². The first-order valence-electron chi connectivity index (χ1n) is 4.61. The number of nitrogen functional groups attached to an aromatic ring is 1. The molecule has 0 saturated carbocycles. The molecule has 0 saturated heterocycles. The fraction of sp³-hybridized carbons (Fsp3) is 0.375. The van der Waals surface area contributed by atoms with Crippen LogP contribution in [-0.4, -0.2) is 35.6 Å². The third-order valence-electron chi connectivity index (χ3n) is 1.58. The van der Waals surface area contributed by atoms with Crippen molar-refractivity contribution in [2.75, 3.05) is 30.5 Å². The van der Waals surface area contributed by atoms with Gasteiger partial charge in [0, 0.05) is 6.54 Å². The Morgan fingerprint density at radius 2 is 2.19 bits per heavy atom. The summed E-state index contributed by atoms with van der Waals surface area (Å²) in [5.41, 5.74) is 7.27. The van der Waals surface area contributed by atoms with Crippen LogP contribution in [0.5, 0.6) is 0 Å². The van der Waals surface area contributed by atoms with Crippen LogP contribution in [0.15, 0.2) is 12.4 Å². The molecule has 0 unspecified atom stereocenters. The summed E-state index contributed by atoms with van der Waals surface area (Å²) in [5, 5.41) is 2.95. The minimum Gasteiger partial charge on any atom is -0.370 e. The molecule has 0 aliphatic carbocycles. The van der Waals surface area contributed by atoms with E-state index in [4.69, 9.17) is 16.3 Å². The molecule has 6 N–H and O–H groups in total. The SMILES string of the molecule is NNc1cncc(NCCOCC(N)=O)n1. The predicted octanol–water partition coefficient (Wildman–Crippen LogP) is -1.32. The van der Waals surface area contributed by atoms with E-state index >= 15 is 0 Å². The van der Waals surface area contributed by atoms with Crippen molar-refractivity contribution < 1.29 is 9.53 Å². The van der Waals surface area contributed by atoms with Gasteiger partial charge >= 0.3 is 0 Å². The Labute approximate surface area is 92.4 Å². The molecule has 0 atom stereocenters. The first-order chi connectivity index (χ1) is 7.72. The molecule has 0 aliphatic rings. The molecule has 0 spiro atoms. The zero-order valence-electron chi connectivity index (χ0n) is 8.64. The number of primary amides is 1. The van der Waals surface area contributed by atoms with Crippen molar-refractivity contribution in [1.82, 2.24) is 9.97 Å². The van der Waals surface area contributed by atoms with Gasteiger partial charge in [0.25, 0.3) is 0 Å². The van der Waals surface area contributed by atoms with E-state index in [0.29, 0.717) is 24.8 Å². The van der Waals surface area contributed by atoms with Crippen LogP contribution in [0.4, 0.5) is 11.6 Å². The highest BCUT2D eigenvalue weighted by Crippen LogP contribution is 2.03. The van der Waals surface area contributed by atoms with Gasteiger partial charge in [0.05, 0.1) is 19.0 Å². The Balaban J connectivity index is 2.23. The van der Waals surface area contributed by atoms with Crippen molar-refractivity contribution in [1.29, 1.82) is 0 Å². The van der Waals surface area contributed by atoms with Crippen molar-refractivity contribution >= 4 is 17.5 Å². The molecule has 8 heteroatoms. The Kier molecular flexibility index (Phi) is 4.96. The second-order valence-electron chi connectivity index (χ2n) is 2.88. The summed E-state index contributed by atoms with van der Waals surface area (Å²) in [5.74, 6) is 5.71. The van der Waals surface area contributed by atoms with Gasteiger partial charge in [-0.1, -0.05) is 0 Å². The summed E-state index contributed by atoms with van der Waals surface area (Å²) in [6.45, 7) is 0.763. The largest absolute Gasteiger partial charge is 0.370 e. The van der Waals surface area contributed by atoms with Gasteiger partial charge in [-0.05, 0) is 0 Å². The number of nitrogens with two attached hydrogens (primary N) is 2. The molecule has 1 aromatic rings. The van der Waals surface area contributed by atoms with Crippen molar-refractivity contribution in [2.24, 2.45) is 11.6 Å². The van der Waals surface area contributed by atoms with Gasteiger partial charge in [-0.15, -0.1) is 0 Å². The lowest BCUT2D eigenvalue weighted by atomic mass is 10.6. The molecular weight excluding hydrogens is 212 g/mol. The summed E-state index contributed by atoms with van der Waals surface area (Å²) >= 11 is 0. The maximum Gasteiger partial charge on any atom is 0.243 e. The number of nitrogens with one attached hydrogen (secondary N) is 2. The smallest absolute Gasteiger partial charge is 0.243 e. The highest BCUT2D eigenvalue weighted by Gasteiger charge is 1.97. The molecule has 0 fully saturated rings. The number of hydrogen-bond donors (Lipinski definition) is 4. The number of amides is 1. The summed E-state index contributed by atoms with van der Waals surface area (Å²) in [4.78, 5) is 18.3. The van der Waals surface area contributed by atoms with Crippen LogP contribution in [0.1, 0.15) is 0 Å². The normalized spacial score (nSPS) is 9.81. The summed E-state index contributed by atoms with van der Waals surface area (Å²) in [7, 11) is 0. The van der Waals surface area contributed by atoms with Gasteiger partial charge in [0.15, 0.2) is 5.82 Å². The number of anilines is 2. The van der Waals surface area contributed by atoms with Gasteiger partial charge < -0.3 is 21.2 Å². The topological polar surface area (TPSA) is 128 Å². The minimum atomic E-state index is -0.492. The molecule has 1 heterocycles.